The number of alkyl halides is 1. The summed E-state index contributed by atoms with van der Waals surface area (Å²) in [7, 11) is -3.17. The second-order valence-corrected chi connectivity index (χ2v) is 7.70. The normalized spacial score (nSPS) is 21.3. The van der Waals surface area contributed by atoms with Crippen molar-refractivity contribution in [3.05, 3.63) is 42.0 Å². The number of halogens is 1. The number of nitrogens with zero attached hydrogens (tertiary/aromatic N) is 3. The highest BCUT2D eigenvalue weighted by Gasteiger charge is 2.35. The van der Waals surface area contributed by atoms with Gasteiger partial charge in [-0.25, -0.2) is 8.42 Å². The Morgan fingerprint density at radius 3 is 2.62 bits per heavy atom. The molecule has 0 aliphatic carbocycles. The smallest absolute Gasteiger partial charge is 0.160 e. The molecule has 2 heterocycles. The molecule has 2 aromatic rings. The van der Waals surface area contributed by atoms with Gasteiger partial charge in [0.15, 0.2) is 21.5 Å². The van der Waals surface area contributed by atoms with Gasteiger partial charge in [0.1, 0.15) is 5.25 Å². The van der Waals surface area contributed by atoms with Crippen molar-refractivity contribution >= 4 is 21.4 Å². The van der Waals surface area contributed by atoms with Crippen molar-refractivity contribution in [3.8, 4) is 5.69 Å². The van der Waals surface area contributed by atoms with Gasteiger partial charge in [0, 0.05) is 5.69 Å². The van der Waals surface area contributed by atoms with Crippen molar-refractivity contribution in [1.29, 1.82) is 0 Å². The van der Waals surface area contributed by atoms with Crippen LogP contribution in [-0.4, -0.2) is 28.9 Å². The molecule has 3 rings (SSSR count). The van der Waals surface area contributed by atoms with Crippen LogP contribution in [0.1, 0.15) is 36.2 Å². The zero-order chi connectivity index (χ0) is 14.9. The van der Waals surface area contributed by atoms with Crippen molar-refractivity contribution in [1.82, 2.24) is 14.8 Å². The summed E-state index contributed by atoms with van der Waals surface area (Å²) in [6.45, 7) is 0. The Balaban J connectivity index is 2.14. The lowest BCUT2D eigenvalue weighted by Gasteiger charge is -2.22. The van der Waals surface area contributed by atoms with Gasteiger partial charge in [-0.15, -0.1) is 21.8 Å². The van der Waals surface area contributed by atoms with E-state index in [0.29, 0.717) is 18.1 Å². The summed E-state index contributed by atoms with van der Waals surface area (Å²) in [4.78, 5) is 0. The second kappa shape index (κ2) is 5.77. The van der Waals surface area contributed by atoms with Gasteiger partial charge in [0.05, 0.1) is 11.6 Å². The van der Waals surface area contributed by atoms with Gasteiger partial charge in [0.25, 0.3) is 0 Å². The third-order valence-electron chi connectivity index (χ3n) is 3.76. The van der Waals surface area contributed by atoms with Gasteiger partial charge in [-0.05, 0) is 25.0 Å². The van der Waals surface area contributed by atoms with E-state index in [4.69, 9.17) is 11.6 Å². The third kappa shape index (κ3) is 2.70. The molecule has 7 heteroatoms. The van der Waals surface area contributed by atoms with Gasteiger partial charge in [-0.1, -0.05) is 24.6 Å². The topological polar surface area (TPSA) is 64.8 Å². The fourth-order valence-corrected chi connectivity index (χ4v) is 4.79. The first-order valence-electron chi connectivity index (χ1n) is 6.90. The van der Waals surface area contributed by atoms with E-state index >= 15 is 0 Å². The largest absolute Gasteiger partial charge is 0.281 e. The molecule has 0 N–H and O–H groups in total. The Morgan fingerprint density at radius 1 is 1.19 bits per heavy atom. The number of aromatic nitrogens is 3. The molecule has 1 aromatic carbocycles. The minimum Gasteiger partial charge on any atom is -0.281 e. The van der Waals surface area contributed by atoms with E-state index in [-0.39, 0.29) is 11.6 Å². The lowest BCUT2D eigenvalue weighted by molar-refractivity contribution is 0.535. The zero-order valence-corrected chi connectivity index (χ0v) is 13.0. The Kier molecular flexibility index (Phi) is 3.99. The highest BCUT2D eigenvalue weighted by atomic mass is 35.5. The van der Waals surface area contributed by atoms with Gasteiger partial charge in [-0.2, -0.15) is 0 Å². The summed E-state index contributed by atoms with van der Waals surface area (Å²) < 4.78 is 26.5. The van der Waals surface area contributed by atoms with Crippen LogP contribution in [0, 0.1) is 0 Å². The minimum atomic E-state index is -3.17. The molecule has 1 aliphatic heterocycles. The molecule has 1 atom stereocenters. The molecule has 21 heavy (non-hydrogen) atoms. The van der Waals surface area contributed by atoms with Crippen LogP contribution < -0.4 is 0 Å². The minimum absolute atomic E-state index is 0.189. The molecule has 1 saturated heterocycles. The molecule has 0 radical (unpaired) electrons. The summed E-state index contributed by atoms with van der Waals surface area (Å²) in [5.41, 5.74) is 0.842. The third-order valence-corrected chi connectivity index (χ3v) is 6.17. The summed E-state index contributed by atoms with van der Waals surface area (Å²) in [5, 5.41) is 7.61. The summed E-state index contributed by atoms with van der Waals surface area (Å²) in [6, 6.07) is 9.50. The number of rotatable bonds is 3. The average Bonchev–Trinajstić information content (AvgIpc) is 2.91. The molecule has 1 aliphatic rings. The Hall–Kier alpha value is -1.40. The summed E-state index contributed by atoms with van der Waals surface area (Å²) >= 11 is 5.93. The van der Waals surface area contributed by atoms with Crippen molar-refractivity contribution in [2.75, 3.05) is 5.75 Å². The molecule has 0 spiro atoms. The predicted octanol–water partition coefficient (Wildman–Crippen LogP) is 2.65. The van der Waals surface area contributed by atoms with Crippen LogP contribution >= 0.6 is 11.6 Å². The molecular formula is C14H16ClN3O2S. The van der Waals surface area contributed by atoms with E-state index < -0.39 is 15.1 Å². The number of benzene rings is 1. The quantitative estimate of drug-likeness (QED) is 0.814. The van der Waals surface area contributed by atoms with E-state index in [0.717, 1.165) is 18.5 Å². The zero-order valence-electron chi connectivity index (χ0n) is 11.4. The van der Waals surface area contributed by atoms with Crippen molar-refractivity contribution < 1.29 is 8.42 Å². The second-order valence-electron chi connectivity index (χ2n) is 5.13. The van der Waals surface area contributed by atoms with Crippen LogP contribution in [0.25, 0.3) is 5.69 Å². The maximum absolute atomic E-state index is 12.3. The number of hydrogen-bond acceptors (Lipinski definition) is 4. The van der Waals surface area contributed by atoms with Gasteiger partial charge >= 0.3 is 0 Å². The number of para-hydroxylation sites is 1. The first-order valence-corrected chi connectivity index (χ1v) is 9.15. The molecule has 0 amide bonds. The number of hydrogen-bond donors (Lipinski definition) is 0. The first-order chi connectivity index (χ1) is 10.1. The Morgan fingerprint density at radius 2 is 1.95 bits per heavy atom. The molecular weight excluding hydrogens is 310 g/mol. The van der Waals surface area contributed by atoms with Gasteiger partial charge < -0.3 is 0 Å². The lowest BCUT2D eigenvalue weighted by Crippen LogP contribution is -2.24. The van der Waals surface area contributed by atoms with Crippen LogP contribution in [0.4, 0.5) is 0 Å². The fourth-order valence-electron chi connectivity index (χ4n) is 2.73. The summed E-state index contributed by atoms with van der Waals surface area (Å²) in [5.74, 6) is 1.46. The monoisotopic (exact) mass is 325 g/mol. The van der Waals surface area contributed by atoms with Crippen molar-refractivity contribution in [2.45, 2.75) is 30.4 Å². The highest BCUT2D eigenvalue weighted by molar-refractivity contribution is 7.91. The van der Waals surface area contributed by atoms with E-state index in [9.17, 15) is 8.42 Å². The van der Waals surface area contributed by atoms with E-state index in [1.54, 1.807) is 4.57 Å². The Bertz CT molecular complexity index is 728. The highest BCUT2D eigenvalue weighted by Crippen LogP contribution is 2.34. The van der Waals surface area contributed by atoms with Crippen LogP contribution in [0.5, 0.6) is 0 Å². The van der Waals surface area contributed by atoms with Crippen molar-refractivity contribution in [3.63, 3.8) is 0 Å². The van der Waals surface area contributed by atoms with Crippen LogP contribution in [0.3, 0.4) is 0 Å². The van der Waals surface area contributed by atoms with Crippen LogP contribution in [0.2, 0.25) is 0 Å². The number of sulfone groups is 1. The SMILES string of the molecule is O=S1(=O)CCCCC1c1nnc(CCl)n1-c1ccccc1. The molecule has 0 saturated carbocycles. The Labute approximate surface area is 128 Å². The standard InChI is InChI=1S/C14H16ClN3O2S/c15-10-13-16-17-14(12-8-4-5-9-21(12,19)20)18(13)11-6-2-1-3-7-11/h1-3,6-7,12H,4-5,8-10H2. The first kappa shape index (κ1) is 14.5. The molecule has 1 fully saturated rings. The van der Waals surface area contributed by atoms with Gasteiger partial charge in [0.2, 0.25) is 0 Å². The molecule has 112 valence electrons. The maximum Gasteiger partial charge on any atom is 0.160 e. The maximum atomic E-state index is 12.3. The van der Waals surface area contributed by atoms with Crippen LogP contribution in [-0.2, 0) is 15.7 Å². The van der Waals surface area contributed by atoms with E-state index in [1.165, 1.54) is 0 Å². The predicted molar refractivity (Wildman–Crippen MR) is 81.3 cm³/mol. The lowest BCUT2D eigenvalue weighted by atomic mass is 10.2. The summed E-state index contributed by atoms with van der Waals surface area (Å²) in [6.07, 6.45) is 2.21. The van der Waals surface area contributed by atoms with E-state index in [1.807, 2.05) is 30.3 Å². The molecule has 0 bridgehead atoms. The molecule has 5 nitrogen and oxygen atoms in total. The average molecular weight is 326 g/mol. The van der Waals surface area contributed by atoms with Crippen LogP contribution in [0.15, 0.2) is 30.3 Å². The van der Waals surface area contributed by atoms with Crippen molar-refractivity contribution in [2.24, 2.45) is 0 Å². The van der Waals surface area contributed by atoms with Gasteiger partial charge in [-0.3, -0.25) is 4.57 Å². The fraction of sp³-hybridized carbons (Fsp3) is 0.429. The molecule has 1 unspecified atom stereocenters. The van der Waals surface area contributed by atoms with E-state index in [2.05, 4.69) is 10.2 Å². The molecule has 1 aromatic heterocycles.